The first kappa shape index (κ1) is 18.7. The highest BCUT2D eigenvalue weighted by molar-refractivity contribution is 5.74. The number of nitrogens with zero attached hydrogens (tertiary/aromatic N) is 3. The summed E-state index contributed by atoms with van der Waals surface area (Å²) in [7, 11) is 0. The van der Waals surface area contributed by atoms with E-state index in [1.54, 1.807) is 12.4 Å². The van der Waals surface area contributed by atoms with Crippen molar-refractivity contribution >= 4 is 6.03 Å². The predicted octanol–water partition coefficient (Wildman–Crippen LogP) is 3.27. The van der Waals surface area contributed by atoms with Gasteiger partial charge in [-0.2, -0.15) is 0 Å². The summed E-state index contributed by atoms with van der Waals surface area (Å²) in [6.45, 7) is 8.81. The first-order valence-corrected chi connectivity index (χ1v) is 9.40. The van der Waals surface area contributed by atoms with Gasteiger partial charge in [-0.05, 0) is 50.0 Å². The molecule has 2 amide bonds. The largest absolute Gasteiger partial charge is 0.338 e. The molecule has 0 radical (unpaired) electrons. The summed E-state index contributed by atoms with van der Waals surface area (Å²) in [6.07, 6.45) is 9.39. The van der Waals surface area contributed by atoms with E-state index >= 15 is 0 Å². The molecule has 1 aliphatic heterocycles. The second-order valence-corrected chi connectivity index (χ2v) is 6.60. The van der Waals surface area contributed by atoms with Crippen LogP contribution < -0.4 is 5.32 Å². The summed E-state index contributed by atoms with van der Waals surface area (Å²) < 4.78 is 0. The molecule has 0 aromatic carbocycles. The summed E-state index contributed by atoms with van der Waals surface area (Å²) in [5.74, 6) is 0. The van der Waals surface area contributed by atoms with E-state index in [-0.39, 0.29) is 6.03 Å². The van der Waals surface area contributed by atoms with Crippen molar-refractivity contribution in [2.75, 3.05) is 26.2 Å². The van der Waals surface area contributed by atoms with Gasteiger partial charge in [0.1, 0.15) is 0 Å². The highest BCUT2D eigenvalue weighted by Crippen LogP contribution is 2.18. The van der Waals surface area contributed by atoms with Crippen LogP contribution in [0.5, 0.6) is 0 Å². The van der Waals surface area contributed by atoms with Gasteiger partial charge >= 0.3 is 6.03 Å². The monoisotopic (exact) mass is 332 g/mol. The molecule has 1 aromatic rings. The van der Waals surface area contributed by atoms with E-state index < -0.39 is 0 Å². The summed E-state index contributed by atoms with van der Waals surface area (Å²) in [5.41, 5.74) is 1.13. The maximum absolute atomic E-state index is 12.7. The van der Waals surface area contributed by atoms with Gasteiger partial charge in [-0.3, -0.25) is 9.88 Å². The van der Waals surface area contributed by atoms with Crippen LogP contribution in [0.15, 0.2) is 24.5 Å². The van der Waals surface area contributed by atoms with Crippen LogP contribution in [0.4, 0.5) is 4.79 Å². The average molecular weight is 332 g/mol. The Bertz CT molecular complexity index is 480. The molecule has 1 atom stereocenters. The molecule has 0 aliphatic carbocycles. The fraction of sp³-hybridized carbons (Fsp3) is 0.684. The number of hydrogen-bond acceptors (Lipinski definition) is 3. The number of carbonyl (C=O) groups excluding carboxylic acids is 1. The molecule has 1 N–H and O–H groups in total. The normalized spacial score (nSPS) is 17.8. The number of aromatic nitrogens is 1. The van der Waals surface area contributed by atoms with E-state index in [9.17, 15) is 4.79 Å². The minimum absolute atomic E-state index is 0.0610. The van der Waals surface area contributed by atoms with Crippen LogP contribution in [0, 0.1) is 0 Å². The lowest BCUT2D eigenvalue weighted by Gasteiger charge is -2.30. The maximum atomic E-state index is 12.7. The van der Waals surface area contributed by atoms with Crippen LogP contribution in [0.1, 0.15) is 51.5 Å². The molecule has 5 nitrogen and oxygen atoms in total. The molecule has 2 heterocycles. The zero-order valence-corrected chi connectivity index (χ0v) is 15.2. The van der Waals surface area contributed by atoms with Crippen LogP contribution in [0.3, 0.4) is 0 Å². The van der Waals surface area contributed by atoms with Crippen molar-refractivity contribution in [2.45, 2.75) is 58.5 Å². The van der Waals surface area contributed by atoms with Crippen LogP contribution in [0.2, 0.25) is 0 Å². The number of nitrogens with one attached hydrogen (secondary N) is 1. The molecular weight excluding hydrogens is 300 g/mol. The number of pyridine rings is 1. The predicted molar refractivity (Wildman–Crippen MR) is 97.8 cm³/mol. The molecule has 24 heavy (non-hydrogen) atoms. The Morgan fingerprint density at radius 2 is 2.12 bits per heavy atom. The molecule has 5 heteroatoms. The van der Waals surface area contributed by atoms with E-state index in [2.05, 4.69) is 29.0 Å². The van der Waals surface area contributed by atoms with Gasteiger partial charge in [0.05, 0.1) is 0 Å². The van der Waals surface area contributed by atoms with Crippen molar-refractivity contribution in [1.29, 1.82) is 0 Å². The van der Waals surface area contributed by atoms with Crippen LogP contribution in [0.25, 0.3) is 0 Å². The van der Waals surface area contributed by atoms with E-state index in [0.29, 0.717) is 12.6 Å². The highest BCUT2D eigenvalue weighted by atomic mass is 16.2. The average Bonchev–Trinajstić information content (AvgIpc) is 3.06. The smallest absolute Gasteiger partial charge is 0.317 e. The van der Waals surface area contributed by atoms with Crippen molar-refractivity contribution < 1.29 is 4.79 Å². The number of carbonyl (C=O) groups is 1. The van der Waals surface area contributed by atoms with E-state index in [4.69, 9.17) is 0 Å². The standard InChI is InChI=1S/C19H32N4O/c1-3-5-6-11-21-19(24)23(15-17-9-12-20-13-10-17)16-18-8-7-14-22(18)4-2/h9-10,12-13,18H,3-8,11,14-16H2,1-2H3,(H,21,24)/t18-/m1/s1. The Morgan fingerprint density at radius 3 is 2.83 bits per heavy atom. The van der Waals surface area contributed by atoms with Crippen LogP contribution >= 0.6 is 0 Å². The lowest BCUT2D eigenvalue weighted by Crippen LogP contribution is -2.46. The molecule has 1 fully saturated rings. The topological polar surface area (TPSA) is 48.5 Å². The van der Waals surface area contributed by atoms with E-state index in [1.807, 2.05) is 17.0 Å². The Balaban J connectivity index is 1.96. The molecule has 1 aromatic heterocycles. The molecule has 1 saturated heterocycles. The van der Waals surface area contributed by atoms with Crippen molar-refractivity contribution in [2.24, 2.45) is 0 Å². The maximum Gasteiger partial charge on any atom is 0.317 e. The van der Waals surface area contributed by atoms with Gasteiger partial charge in [0.15, 0.2) is 0 Å². The van der Waals surface area contributed by atoms with Crippen molar-refractivity contribution in [3.8, 4) is 0 Å². The molecule has 0 saturated carbocycles. The van der Waals surface area contributed by atoms with Crippen molar-refractivity contribution in [3.63, 3.8) is 0 Å². The minimum Gasteiger partial charge on any atom is -0.338 e. The van der Waals surface area contributed by atoms with Gasteiger partial charge in [-0.15, -0.1) is 0 Å². The van der Waals surface area contributed by atoms with Gasteiger partial charge in [0.25, 0.3) is 0 Å². The third-order valence-corrected chi connectivity index (χ3v) is 4.80. The Labute approximate surface area is 146 Å². The molecule has 1 aliphatic rings. The second kappa shape index (κ2) is 10.3. The van der Waals surface area contributed by atoms with Crippen molar-refractivity contribution in [3.05, 3.63) is 30.1 Å². The molecular formula is C19H32N4O. The number of amides is 2. The highest BCUT2D eigenvalue weighted by Gasteiger charge is 2.27. The summed E-state index contributed by atoms with van der Waals surface area (Å²) >= 11 is 0. The molecule has 0 unspecified atom stereocenters. The number of urea groups is 1. The first-order valence-electron chi connectivity index (χ1n) is 9.40. The molecule has 0 spiro atoms. The lowest BCUT2D eigenvalue weighted by atomic mass is 10.2. The zero-order valence-electron chi connectivity index (χ0n) is 15.2. The Hall–Kier alpha value is -1.62. The number of likely N-dealkylation sites (tertiary alicyclic amines) is 1. The van der Waals surface area contributed by atoms with E-state index in [0.717, 1.165) is 44.6 Å². The fourth-order valence-corrected chi connectivity index (χ4v) is 3.38. The van der Waals surface area contributed by atoms with Gasteiger partial charge in [-0.1, -0.05) is 26.7 Å². The number of likely N-dealkylation sites (N-methyl/N-ethyl adjacent to an activating group) is 1. The van der Waals surface area contributed by atoms with Gasteiger partial charge in [0, 0.05) is 38.1 Å². The van der Waals surface area contributed by atoms with Gasteiger partial charge < -0.3 is 10.2 Å². The van der Waals surface area contributed by atoms with Crippen LogP contribution in [-0.2, 0) is 6.54 Å². The zero-order chi connectivity index (χ0) is 17.2. The van der Waals surface area contributed by atoms with Gasteiger partial charge in [-0.25, -0.2) is 4.79 Å². The lowest BCUT2D eigenvalue weighted by molar-refractivity contribution is 0.164. The quantitative estimate of drug-likeness (QED) is 0.706. The summed E-state index contributed by atoms with van der Waals surface area (Å²) in [6, 6.07) is 4.52. The molecule has 0 bridgehead atoms. The second-order valence-electron chi connectivity index (χ2n) is 6.60. The fourth-order valence-electron chi connectivity index (χ4n) is 3.38. The first-order chi connectivity index (χ1) is 11.7. The third-order valence-electron chi connectivity index (χ3n) is 4.80. The Morgan fingerprint density at radius 1 is 1.33 bits per heavy atom. The minimum atomic E-state index is 0.0610. The number of unbranched alkanes of at least 4 members (excludes halogenated alkanes) is 2. The van der Waals surface area contributed by atoms with Gasteiger partial charge in [0.2, 0.25) is 0 Å². The summed E-state index contributed by atoms with van der Waals surface area (Å²) in [5, 5.41) is 3.10. The molecule has 134 valence electrons. The van der Waals surface area contributed by atoms with Crippen LogP contribution in [-0.4, -0.2) is 53.0 Å². The Kier molecular flexibility index (Phi) is 8.02. The summed E-state index contributed by atoms with van der Waals surface area (Å²) in [4.78, 5) is 21.2. The van der Waals surface area contributed by atoms with E-state index in [1.165, 1.54) is 19.3 Å². The third kappa shape index (κ3) is 5.78. The van der Waals surface area contributed by atoms with Crippen molar-refractivity contribution in [1.82, 2.24) is 20.1 Å². The molecule has 2 rings (SSSR count). The number of hydrogen-bond donors (Lipinski definition) is 1. The SMILES string of the molecule is CCCCCNC(=O)N(Cc1ccncc1)C[C@H]1CCCN1CC. The number of rotatable bonds is 9.